The van der Waals surface area contributed by atoms with E-state index in [0.717, 1.165) is 19.3 Å². The van der Waals surface area contributed by atoms with Gasteiger partial charge in [-0.05, 0) is 34.1 Å². The van der Waals surface area contributed by atoms with Crippen molar-refractivity contribution in [1.29, 1.82) is 0 Å². The van der Waals surface area contributed by atoms with Crippen LogP contribution in [0.3, 0.4) is 0 Å². The number of rotatable bonds is 8. The van der Waals surface area contributed by atoms with Crippen LogP contribution in [0.4, 0.5) is 4.79 Å². The van der Waals surface area contributed by atoms with Crippen molar-refractivity contribution in [3.8, 4) is 0 Å². The maximum atomic E-state index is 11.5. The van der Waals surface area contributed by atoms with Gasteiger partial charge in [-0.3, -0.25) is 9.63 Å². The molecule has 20 heavy (non-hydrogen) atoms. The minimum absolute atomic E-state index is 0.136. The lowest BCUT2D eigenvalue weighted by molar-refractivity contribution is -0.134. The molecule has 118 valence electrons. The summed E-state index contributed by atoms with van der Waals surface area (Å²) in [5, 5.41) is 2.63. The van der Waals surface area contributed by atoms with Gasteiger partial charge in [-0.25, -0.2) is 10.3 Å². The van der Waals surface area contributed by atoms with E-state index in [0.29, 0.717) is 6.42 Å². The van der Waals surface area contributed by atoms with Gasteiger partial charge in [0.1, 0.15) is 5.60 Å². The highest BCUT2D eigenvalue weighted by atomic mass is 16.7. The van der Waals surface area contributed by atoms with Crippen molar-refractivity contribution in [2.24, 2.45) is 0 Å². The number of amides is 2. The number of ether oxygens (including phenoxy) is 1. The fourth-order valence-electron chi connectivity index (χ4n) is 1.38. The maximum absolute atomic E-state index is 11.5. The van der Waals surface area contributed by atoms with Crippen LogP contribution in [-0.4, -0.2) is 30.3 Å². The molecule has 0 aromatic rings. The van der Waals surface area contributed by atoms with E-state index in [2.05, 4.69) is 17.7 Å². The van der Waals surface area contributed by atoms with E-state index in [-0.39, 0.29) is 18.6 Å². The van der Waals surface area contributed by atoms with Crippen molar-refractivity contribution in [3.05, 3.63) is 0 Å². The van der Waals surface area contributed by atoms with E-state index in [1.54, 1.807) is 27.7 Å². The molecule has 6 nitrogen and oxygen atoms in total. The summed E-state index contributed by atoms with van der Waals surface area (Å²) in [6, 6.07) is -0.249. The Balaban J connectivity index is 3.70. The van der Waals surface area contributed by atoms with Crippen LogP contribution >= 0.6 is 0 Å². The van der Waals surface area contributed by atoms with E-state index >= 15 is 0 Å². The molecular weight excluding hydrogens is 260 g/mol. The molecule has 0 spiro atoms. The smallest absolute Gasteiger partial charge is 0.407 e. The van der Waals surface area contributed by atoms with Crippen molar-refractivity contribution in [2.45, 2.75) is 71.9 Å². The average molecular weight is 288 g/mol. The highest BCUT2D eigenvalue weighted by Crippen LogP contribution is 2.06. The molecule has 1 atom stereocenters. The van der Waals surface area contributed by atoms with Crippen molar-refractivity contribution >= 4 is 12.0 Å². The fourth-order valence-corrected chi connectivity index (χ4v) is 1.38. The third kappa shape index (κ3) is 11.8. The molecule has 2 N–H and O–H groups in total. The molecule has 0 heterocycles. The lowest BCUT2D eigenvalue weighted by Crippen LogP contribution is -2.41. The molecule has 0 aliphatic carbocycles. The van der Waals surface area contributed by atoms with E-state index in [4.69, 9.17) is 9.57 Å². The number of hydrogen-bond donors (Lipinski definition) is 2. The zero-order valence-corrected chi connectivity index (χ0v) is 13.2. The Kier molecular flexibility index (Phi) is 8.96. The predicted octanol–water partition coefficient (Wildman–Crippen LogP) is 2.53. The first-order chi connectivity index (χ1) is 9.24. The normalized spacial score (nSPS) is 12.7. The van der Waals surface area contributed by atoms with E-state index in [1.165, 1.54) is 0 Å². The van der Waals surface area contributed by atoms with Crippen LogP contribution in [0.1, 0.15) is 60.3 Å². The lowest BCUT2D eigenvalue weighted by Gasteiger charge is -2.21. The predicted molar refractivity (Wildman–Crippen MR) is 77.1 cm³/mol. The summed E-state index contributed by atoms with van der Waals surface area (Å²) < 4.78 is 5.11. The number of carbonyl (C=O) groups is 2. The molecule has 0 rings (SSSR count). The second-order valence-corrected chi connectivity index (χ2v) is 5.84. The molecule has 0 fully saturated rings. The number of carbonyl (C=O) groups excluding carboxylic acids is 2. The third-order valence-electron chi connectivity index (χ3n) is 2.29. The topological polar surface area (TPSA) is 76.7 Å². The standard InChI is InChI=1S/C14H28N2O4/c1-6-7-8-9-12(17)16-19-10-11(2)15-13(18)20-14(3,4)5/h11H,6-10H2,1-5H3,(H,15,18)(H,16,17)/t11-/m0/s1. The Labute approximate surface area is 121 Å². The van der Waals surface area contributed by atoms with Gasteiger partial charge in [-0.1, -0.05) is 19.8 Å². The summed E-state index contributed by atoms with van der Waals surface area (Å²) in [7, 11) is 0. The van der Waals surface area contributed by atoms with Gasteiger partial charge in [-0.15, -0.1) is 0 Å². The molecule has 0 aromatic carbocycles. The Morgan fingerprint density at radius 1 is 1.20 bits per heavy atom. The first-order valence-electron chi connectivity index (χ1n) is 7.14. The highest BCUT2D eigenvalue weighted by Gasteiger charge is 2.17. The number of alkyl carbamates (subject to hydrolysis) is 1. The van der Waals surface area contributed by atoms with Crippen molar-refractivity contribution in [3.63, 3.8) is 0 Å². The van der Waals surface area contributed by atoms with Crippen LogP contribution in [0.5, 0.6) is 0 Å². The lowest BCUT2D eigenvalue weighted by atomic mass is 10.2. The van der Waals surface area contributed by atoms with Crippen molar-refractivity contribution in [1.82, 2.24) is 10.8 Å². The largest absolute Gasteiger partial charge is 0.444 e. The first-order valence-corrected chi connectivity index (χ1v) is 7.14. The minimum Gasteiger partial charge on any atom is -0.444 e. The van der Waals surface area contributed by atoms with Crippen LogP contribution in [-0.2, 0) is 14.4 Å². The van der Waals surface area contributed by atoms with Gasteiger partial charge in [0.25, 0.3) is 0 Å². The molecular formula is C14H28N2O4. The van der Waals surface area contributed by atoms with Crippen LogP contribution in [0.2, 0.25) is 0 Å². The van der Waals surface area contributed by atoms with Gasteiger partial charge in [0.15, 0.2) is 0 Å². The number of hydrogen-bond acceptors (Lipinski definition) is 4. The SMILES string of the molecule is CCCCCC(=O)NOC[C@H](C)NC(=O)OC(C)(C)C. The van der Waals surface area contributed by atoms with Crippen LogP contribution in [0, 0.1) is 0 Å². The van der Waals surface area contributed by atoms with Crippen LogP contribution in [0.15, 0.2) is 0 Å². The van der Waals surface area contributed by atoms with E-state index < -0.39 is 11.7 Å². The molecule has 0 aromatic heterocycles. The molecule has 0 saturated carbocycles. The molecule has 2 amide bonds. The quantitative estimate of drug-likeness (QED) is 0.531. The summed E-state index contributed by atoms with van der Waals surface area (Å²) in [5.41, 5.74) is 1.83. The fraction of sp³-hybridized carbons (Fsp3) is 0.857. The minimum atomic E-state index is -0.530. The van der Waals surface area contributed by atoms with Gasteiger partial charge < -0.3 is 10.1 Å². The monoisotopic (exact) mass is 288 g/mol. The number of unbranched alkanes of at least 4 members (excludes halogenated alkanes) is 2. The zero-order chi connectivity index (χ0) is 15.6. The second kappa shape index (κ2) is 9.58. The maximum Gasteiger partial charge on any atom is 0.407 e. The van der Waals surface area contributed by atoms with E-state index in [1.807, 2.05) is 0 Å². The molecule has 6 heteroatoms. The number of hydroxylamine groups is 1. The summed E-state index contributed by atoms with van der Waals surface area (Å²) in [5.74, 6) is -0.136. The van der Waals surface area contributed by atoms with Gasteiger partial charge >= 0.3 is 6.09 Å². The Morgan fingerprint density at radius 2 is 1.85 bits per heavy atom. The highest BCUT2D eigenvalue weighted by molar-refractivity contribution is 5.74. The summed E-state index contributed by atoms with van der Waals surface area (Å²) >= 11 is 0. The van der Waals surface area contributed by atoms with Crippen molar-refractivity contribution in [2.75, 3.05) is 6.61 Å². The van der Waals surface area contributed by atoms with Gasteiger partial charge in [0, 0.05) is 6.42 Å². The molecule has 0 aliphatic rings. The number of nitrogens with one attached hydrogen (secondary N) is 2. The first kappa shape index (κ1) is 18.7. The Hall–Kier alpha value is -1.30. The van der Waals surface area contributed by atoms with Gasteiger partial charge in [0.05, 0.1) is 12.6 Å². The average Bonchev–Trinajstić information content (AvgIpc) is 2.26. The van der Waals surface area contributed by atoms with Crippen LogP contribution < -0.4 is 10.8 Å². The summed E-state index contributed by atoms with van der Waals surface area (Å²) in [6.45, 7) is 9.43. The van der Waals surface area contributed by atoms with Crippen molar-refractivity contribution < 1.29 is 19.2 Å². The second-order valence-electron chi connectivity index (χ2n) is 5.84. The summed E-state index contributed by atoms with van der Waals surface area (Å²) in [4.78, 5) is 27.9. The molecule has 0 aliphatic heterocycles. The molecule has 0 saturated heterocycles. The molecule has 0 bridgehead atoms. The Bertz CT molecular complexity index is 300. The molecule has 0 radical (unpaired) electrons. The molecule has 0 unspecified atom stereocenters. The van der Waals surface area contributed by atoms with Crippen LogP contribution in [0.25, 0.3) is 0 Å². The third-order valence-corrected chi connectivity index (χ3v) is 2.29. The Morgan fingerprint density at radius 3 is 2.40 bits per heavy atom. The van der Waals surface area contributed by atoms with Gasteiger partial charge in [0.2, 0.25) is 5.91 Å². The van der Waals surface area contributed by atoms with Gasteiger partial charge in [-0.2, -0.15) is 0 Å². The zero-order valence-electron chi connectivity index (χ0n) is 13.2. The van der Waals surface area contributed by atoms with E-state index in [9.17, 15) is 9.59 Å². The summed E-state index contributed by atoms with van der Waals surface area (Å²) in [6.07, 6.45) is 2.93.